The molecule has 2 rings (SSSR count). The van der Waals surface area contributed by atoms with Gasteiger partial charge in [-0.25, -0.2) is 0 Å². The Hall–Kier alpha value is -0.530. The van der Waals surface area contributed by atoms with Crippen LogP contribution in [0.3, 0.4) is 0 Å². The third kappa shape index (κ3) is 1.79. The monoisotopic (exact) mass is 224 g/mol. The van der Waals surface area contributed by atoms with E-state index in [1.165, 1.54) is 15.0 Å². The van der Waals surface area contributed by atoms with E-state index in [9.17, 15) is 0 Å². The van der Waals surface area contributed by atoms with Crippen LogP contribution in [0.5, 0.6) is 0 Å². The molecule has 0 amide bonds. The zero-order valence-electron chi connectivity index (χ0n) is 8.33. The zero-order valence-corrected chi connectivity index (χ0v) is 9.90. The lowest BCUT2D eigenvalue weighted by Crippen LogP contribution is -2.02. The summed E-state index contributed by atoms with van der Waals surface area (Å²) in [6, 6.07) is 10.7. The molecule has 2 atom stereocenters. The molecule has 14 heavy (non-hydrogen) atoms. The van der Waals surface area contributed by atoms with Crippen LogP contribution in [0.25, 0.3) is 10.1 Å². The minimum absolute atomic E-state index is 0.197. The Bertz CT molecular complexity index is 398. The van der Waals surface area contributed by atoms with Gasteiger partial charge in [0, 0.05) is 20.9 Å². The van der Waals surface area contributed by atoms with Crippen LogP contribution in [0.4, 0.5) is 0 Å². The van der Waals surface area contributed by atoms with Gasteiger partial charge in [0.05, 0.1) is 0 Å². The zero-order chi connectivity index (χ0) is 10.1. The smallest absolute Gasteiger partial charge is 0.0381 e. The van der Waals surface area contributed by atoms with Gasteiger partial charge in [0.2, 0.25) is 0 Å². The Balaban J connectivity index is 2.45. The minimum atomic E-state index is 0.197. The quantitative estimate of drug-likeness (QED) is 0.653. The van der Waals surface area contributed by atoms with Crippen molar-refractivity contribution in [1.29, 1.82) is 0 Å². The van der Waals surface area contributed by atoms with E-state index in [0.29, 0.717) is 5.92 Å². The van der Waals surface area contributed by atoms with E-state index >= 15 is 0 Å². The molecule has 1 aromatic carbocycles. The van der Waals surface area contributed by atoms with Crippen LogP contribution in [-0.4, -0.2) is 5.38 Å². The van der Waals surface area contributed by atoms with Crippen molar-refractivity contribution >= 4 is 33.0 Å². The SMILES string of the molecule is CC(Cl)C(C)c1cc2ccccc2s1. The second kappa shape index (κ2) is 3.92. The van der Waals surface area contributed by atoms with Gasteiger partial charge in [-0.1, -0.05) is 25.1 Å². The van der Waals surface area contributed by atoms with Gasteiger partial charge in [-0.15, -0.1) is 22.9 Å². The maximum absolute atomic E-state index is 6.10. The molecule has 0 aliphatic rings. The molecule has 1 aromatic heterocycles. The predicted octanol–water partition coefficient (Wildman–Crippen LogP) is 4.63. The standard InChI is InChI=1S/C12H13ClS/c1-8(9(2)13)12-7-10-5-3-4-6-11(10)14-12/h3-9H,1-2H3. The van der Waals surface area contributed by atoms with E-state index in [4.69, 9.17) is 11.6 Å². The summed E-state index contributed by atoms with van der Waals surface area (Å²) in [5, 5.41) is 1.53. The highest BCUT2D eigenvalue weighted by Crippen LogP contribution is 2.33. The predicted molar refractivity (Wildman–Crippen MR) is 65.6 cm³/mol. The lowest BCUT2D eigenvalue weighted by atomic mass is 10.1. The highest BCUT2D eigenvalue weighted by atomic mass is 35.5. The van der Waals surface area contributed by atoms with Crippen molar-refractivity contribution in [3.63, 3.8) is 0 Å². The maximum Gasteiger partial charge on any atom is 0.0381 e. The average molecular weight is 225 g/mol. The van der Waals surface area contributed by atoms with Gasteiger partial charge in [0.1, 0.15) is 0 Å². The van der Waals surface area contributed by atoms with Crippen LogP contribution in [0, 0.1) is 0 Å². The van der Waals surface area contributed by atoms with Gasteiger partial charge in [0.25, 0.3) is 0 Å². The molecule has 0 aliphatic heterocycles. The summed E-state index contributed by atoms with van der Waals surface area (Å²) in [7, 11) is 0. The number of halogens is 1. The van der Waals surface area contributed by atoms with Gasteiger partial charge < -0.3 is 0 Å². The Kier molecular flexibility index (Phi) is 2.80. The summed E-state index contributed by atoms with van der Waals surface area (Å²) >= 11 is 7.95. The second-order valence-electron chi connectivity index (χ2n) is 3.65. The number of benzene rings is 1. The highest BCUT2D eigenvalue weighted by molar-refractivity contribution is 7.19. The van der Waals surface area contributed by atoms with Crippen molar-refractivity contribution < 1.29 is 0 Å². The molecule has 0 radical (unpaired) electrons. The molecule has 0 N–H and O–H groups in total. The van der Waals surface area contributed by atoms with E-state index in [2.05, 4.69) is 44.2 Å². The van der Waals surface area contributed by atoms with Crippen LogP contribution in [0.15, 0.2) is 30.3 Å². The molecule has 2 unspecified atom stereocenters. The molecule has 0 fully saturated rings. The first-order valence-corrected chi connectivity index (χ1v) is 6.06. The van der Waals surface area contributed by atoms with Gasteiger partial charge in [0.15, 0.2) is 0 Å². The summed E-state index contributed by atoms with van der Waals surface area (Å²) in [4.78, 5) is 1.38. The van der Waals surface area contributed by atoms with Crippen molar-refractivity contribution in [2.75, 3.05) is 0 Å². The number of hydrogen-bond acceptors (Lipinski definition) is 1. The number of thiophene rings is 1. The van der Waals surface area contributed by atoms with E-state index in [1.807, 2.05) is 11.3 Å². The van der Waals surface area contributed by atoms with Gasteiger partial charge >= 0.3 is 0 Å². The molecule has 74 valence electrons. The molecular formula is C12H13ClS. The average Bonchev–Trinajstić information content (AvgIpc) is 2.59. The van der Waals surface area contributed by atoms with Crippen molar-refractivity contribution in [2.45, 2.75) is 25.1 Å². The fraction of sp³-hybridized carbons (Fsp3) is 0.333. The molecule has 1 heterocycles. The molecular weight excluding hydrogens is 212 g/mol. The first-order valence-electron chi connectivity index (χ1n) is 4.81. The van der Waals surface area contributed by atoms with Crippen LogP contribution >= 0.6 is 22.9 Å². The normalized spacial score (nSPS) is 15.6. The van der Waals surface area contributed by atoms with E-state index < -0.39 is 0 Å². The van der Waals surface area contributed by atoms with E-state index in [-0.39, 0.29) is 5.38 Å². The number of rotatable bonds is 2. The van der Waals surface area contributed by atoms with E-state index in [1.54, 1.807) is 0 Å². The summed E-state index contributed by atoms with van der Waals surface area (Å²) in [6.07, 6.45) is 0. The van der Waals surface area contributed by atoms with Gasteiger partial charge in [-0.05, 0) is 24.4 Å². The van der Waals surface area contributed by atoms with Crippen molar-refractivity contribution in [2.24, 2.45) is 0 Å². The summed E-state index contributed by atoms with van der Waals surface area (Å²) < 4.78 is 1.35. The van der Waals surface area contributed by atoms with Crippen molar-refractivity contribution in [3.8, 4) is 0 Å². The fourth-order valence-electron chi connectivity index (χ4n) is 1.45. The van der Waals surface area contributed by atoms with Crippen LogP contribution in [0.1, 0.15) is 24.6 Å². The molecule has 0 saturated carbocycles. The summed E-state index contributed by atoms with van der Waals surface area (Å²) in [5.41, 5.74) is 0. The van der Waals surface area contributed by atoms with Crippen LogP contribution < -0.4 is 0 Å². The van der Waals surface area contributed by atoms with Crippen LogP contribution in [0.2, 0.25) is 0 Å². The number of fused-ring (bicyclic) bond motifs is 1. The Morgan fingerprint density at radius 1 is 1.21 bits per heavy atom. The molecule has 0 saturated heterocycles. The molecule has 0 spiro atoms. The Morgan fingerprint density at radius 2 is 1.93 bits per heavy atom. The highest BCUT2D eigenvalue weighted by Gasteiger charge is 2.14. The van der Waals surface area contributed by atoms with E-state index in [0.717, 1.165) is 0 Å². The second-order valence-corrected chi connectivity index (χ2v) is 5.46. The van der Waals surface area contributed by atoms with Gasteiger partial charge in [-0.3, -0.25) is 0 Å². The Labute approximate surface area is 93.5 Å². The lowest BCUT2D eigenvalue weighted by Gasteiger charge is -2.10. The molecule has 0 nitrogen and oxygen atoms in total. The largest absolute Gasteiger partial charge is 0.140 e. The molecule has 2 aromatic rings. The first kappa shape index (κ1) is 10.0. The molecule has 2 heteroatoms. The topological polar surface area (TPSA) is 0 Å². The Morgan fingerprint density at radius 3 is 2.57 bits per heavy atom. The third-order valence-electron chi connectivity index (χ3n) is 2.58. The minimum Gasteiger partial charge on any atom is -0.140 e. The summed E-state index contributed by atoms with van der Waals surface area (Å²) in [6.45, 7) is 4.24. The van der Waals surface area contributed by atoms with Crippen LogP contribution in [-0.2, 0) is 0 Å². The third-order valence-corrected chi connectivity index (χ3v) is 4.28. The van der Waals surface area contributed by atoms with Crippen molar-refractivity contribution in [1.82, 2.24) is 0 Å². The number of hydrogen-bond donors (Lipinski definition) is 0. The molecule has 0 aliphatic carbocycles. The lowest BCUT2D eigenvalue weighted by molar-refractivity contribution is 0.757. The first-order chi connectivity index (χ1) is 6.68. The van der Waals surface area contributed by atoms with Gasteiger partial charge in [-0.2, -0.15) is 0 Å². The summed E-state index contributed by atoms with van der Waals surface area (Å²) in [5.74, 6) is 0.439. The fourth-order valence-corrected chi connectivity index (χ4v) is 2.88. The number of alkyl halides is 1. The molecule has 0 bridgehead atoms. The van der Waals surface area contributed by atoms with Crippen molar-refractivity contribution in [3.05, 3.63) is 35.2 Å². The maximum atomic E-state index is 6.10.